The van der Waals surface area contributed by atoms with E-state index in [0.717, 1.165) is 6.08 Å². The van der Waals surface area contributed by atoms with E-state index < -0.39 is 69.7 Å². The Morgan fingerprint density at radius 1 is 0.652 bits per heavy atom. The second-order valence-corrected chi connectivity index (χ2v) is 4.81. The van der Waals surface area contributed by atoms with Crippen LogP contribution in [0.15, 0.2) is 12.7 Å². The van der Waals surface area contributed by atoms with E-state index in [2.05, 4.69) is 6.58 Å². The van der Waals surface area contributed by atoms with E-state index in [9.17, 15) is 4.79 Å². The van der Waals surface area contributed by atoms with Crippen molar-refractivity contribution in [3.8, 4) is 0 Å². The first-order chi connectivity index (χ1) is 10.8. The van der Waals surface area contributed by atoms with Crippen LogP contribution in [-0.2, 0) is 4.79 Å². The molecule has 0 aromatic heterocycles. The lowest BCUT2D eigenvalue weighted by atomic mass is 9.93. The summed E-state index contributed by atoms with van der Waals surface area (Å²) in [6, 6.07) is 0. The van der Waals surface area contributed by atoms with Crippen LogP contribution < -0.4 is 0 Å². The number of carbonyl (C=O) groups is 1. The summed E-state index contributed by atoms with van der Waals surface area (Å²) in [5, 5.41) is 75.6. The van der Waals surface area contributed by atoms with Gasteiger partial charge in [0.05, 0.1) is 63.7 Å². The van der Waals surface area contributed by atoms with Crippen LogP contribution in [0, 0.1) is 10.8 Å². The van der Waals surface area contributed by atoms with E-state index in [1.807, 2.05) is 0 Å². The molecule has 0 fully saturated rings. The zero-order valence-corrected chi connectivity index (χ0v) is 12.9. The minimum Gasteiger partial charge on any atom is -0.478 e. The average molecular weight is 344 g/mol. The molecule has 0 heterocycles. The summed E-state index contributed by atoms with van der Waals surface area (Å²) in [6.07, 6.45) is 0.833. The molecule has 0 spiro atoms. The maximum Gasteiger partial charge on any atom is 0.327 e. The Bertz CT molecular complexity index is 231. The first kappa shape index (κ1) is 26.8. The highest BCUT2D eigenvalue weighted by atomic mass is 16.4. The number of carboxylic acid groups (broad SMARTS) is 1. The fourth-order valence-electron chi connectivity index (χ4n) is 0.600. The third-order valence-corrected chi connectivity index (χ3v) is 2.86. The zero-order chi connectivity index (χ0) is 18.9. The number of carboxylic acids is 1. The first-order valence-electron chi connectivity index (χ1n) is 6.48. The van der Waals surface area contributed by atoms with Crippen LogP contribution in [0.5, 0.6) is 0 Å². The molecule has 23 heavy (non-hydrogen) atoms. The van der Waals surface area contributed by atoms with E-state index in [-0.39, 0.29) is 0 Å². The number of hydrogen-bond donors (Lipinski definition) is 9. The lowest BCUT2D eigenvalue weighted by Gasteiger charge is -2.23. The van der Waals surface area contributed by atoms with Crippen LogP contribution in [0.25, 0.3) is 0 Å². The van der Waals surface area contributed by atoms with Gasteiger partial charge >= 0.3 is 5.97 Å². The minimum atomic E-state index is -1.11. The summed E-state index contributed by atoms with van der Waals surface area (Å²) in [4.78, 5) is 9.25. The van der Waals surface area contributed by atoms with Crippen LogP contribution in [0.1, 0.15) is 0 Å². The topological polar surface area (TPSA) is 199 Å². The molecule has 9 N–H and O–H groups in total. The minimum absolute atomic E-state index is 0.406. The molecule has 0 rings (SSSR count). The summed E-state index contributed by atoms with van der Waals surface area (Å²) in [6.45, 7) is -0.289. The van der Waals surface area contributed by atoms with Gasteiger partial charge in [-0.1, -0.05) is 6.58 Å². The SMILES string of the molecule is C=CC(=O)O.OCC(CO)(CO)CO.OCC(CO)(CO)CO. The summed E-state index contributed by atoms with van der Waals surface area (Å²) in [5.41, 5.74) is -2.22. The highest BCUT2D eigenvalue weighted by Crippen LogP contribution is 2.12. The molecule has 0 saturated carbocycles. The van der Waals surface area contributed by atoms with Crippen molar-refractivity contribution in [3.05, 3.63) is 12.7 Å². The predicted molar refractivity (Wildman–Crippen MR) is 79.4 cm³/mol. The second kappa shape index (κ2) is 15.8. The molecule has 0 aromatic carbocycles. The van der Waals surface area contributed by atoms with E-state index in [0.29, 0.717) is 0 Å². The Morgan fingerprint density at radius 3 is 0.783 bits per heavy atom. The van der Waals surface area contributed by atoms with Crippen molar-refractivity contribution >= 4 is 5.97 Å². The van der Waals surface area contributed by atoms with Crippen LogP contribution in [0.3, 0.4) is 0 Å². The van der Waals surface area contributed by atoms with Gasteiger partial charge in [0.15, 0.2) is 0 Å². The zero-order valence-electron chi connectivity index (χ0n) is 12.9. The van der Waals surface area contributed by atoms with Gasteiger partial charge in [-0.3, -0.25) is 0 Å². The maximum atomic E-state index is 9.25. The number of rotatable bonds is 9. The largest absolute Gasteiger partial charge is 0.478 e. The first-order valence-corrected chi connectivity index (χ1v) is 6.48. The standard InChI is InChI=1S/2C5H12O4.C3H4O2/c2*6-1-5(2-7,3-8)4-9;1-2-3(4)5/h2*6-9H,1-4H2;2H,1H2,(H,4,5). The van der Waals surface area contributed by atoms with Crippen LogP contribution >= 0.6 is 0 Å². The smallest absolute Gasteiger partial charge is 0.327 e. The molecule has 0 bridgehead atoms. The lowest BCUT2D eigenvalue weighted by molar-refractivity contribution is -0.131. The highest BCUT2D eigenvalue weighted by molar-refractivity contribution is 5.78. The molecule has 10 heteroatoms. The number of aliphatic hydroxyl groups is 8. The molecule has 0 amide bonds. The molecule has 0 atom stereocenters. The van der Waals surface area contributed by atoms with Crippen molar-refractivity contribution in [3.63, 3.8) is 0 Å². The van der Waals surface area contributed by atoms with Gasteiger partial charge < -0.3 is 46.0 Å². The van der Waals surface area contributed by atoms with Gasteiger partial charge in [-0.15, -0.1) is 0 Å². The summed E-state index contributed by atoms with van der Waals surface area (Å²) in [5.74, 6) is -0.981. The molecular weight excluding hydrogens is 316 g/mol. The van der Waals surface area contributed by atoms with E-state index in [4.69, 9.17) is 46.0 Å². The van der Waals surface area contributed by atoms with Crippen molar-refractivity contribution < 1.29 is 50.8 Å². The monoisotopic (exact) mass is 344 g/mol. The van der Waals surface area contributed by atoms with Crippen molar-refractivity contribution in [2.24, 2.45) is 10.8 Å². The average Bonchev–Trinajstić information content (AvgIpc) is 2.61. The van der Waals surface area contributed by atoms with Gasteiger partial charge in [-0.25, -0.2) is 4.79 Å². The molecule has 0 aromatic rings. The third kappa shape index (κ3) is 12.0. The van der Waals surface area contributed by atoms with Gasteiger partial charge in [0.1, 0.15) is 0 Å². The number of aliphatic carboxylic acids is 1. The van der Waals surface area contributed by atoms with Crippen LogP contribution in [0.4, 0.5) is 0 Å². The van der Waals surface area contributed by atoms with Crippen molar-refractivity contribution in [2.45, 2.75) is 0 Å². The molecule has 0 aliphatic rings. The highest BCUT2D eigenvalue weighted by Gasteiger charge is 2.27. The van der Waals surface area contributed by atoms with Gasteiger partial charge in [-0.05, 0) is 0 Å². The Kier molecular flexibility index (Phi) is 18.4. The molecule has 0 radical (unpaired) electrons. The molecule has 0 saturated heterocycles. The normalized spacial score (nSPS) is 10.8. The van der Waals surface area contributed by atoms with E-state index in [1.165, 1.54) is 0 Å². The van der Waals surface area contributed by atoms with Gasteiger partial charge in [0.25, 0.3) is 0 Å². The van der Waals surface area contributed by atoms with Gasteiger partial charge in [-0.2, -0.15) is 0 Å². The molecule has 0 unspecified atom stereocenters. The number of aliphatic hydroxyl groups excluding tert-OH is 8. The summed E-state index contributed by atoms with van der Waals surface area (Å²) >= 11 is 0. The lowest BCUT2D eigenvalue weighted by Crippen LogP contribution is -2.37. The van der Waals surface area contributed by atoms with Crippen LogP contribution in [-0.4, -0.2) is 105 Å². The molecule has 0 aliphatic heterocycles. The molecule has 0 aliphatic carbocycles. The van der Waals surface area contributed by atoms with E-state index >= 15 is 0 Å². The third-order valence-electron chi connectivity index (χ3n) is 2.86. The number of hydrogen-bond acceptors (Lipinski definition) is 9. The van der Waals surface area contributed by atoms with Gasteiger partial charge in [0, 0.05) is 6.08 Å². The Morgan fingerprint density at radius 2 is 0.783 bits per heavy atom. The Labute approximate surface area is 134 Å². The Hall–Kier alpha value is -1.11. The fourth-order valence-corrected chi connectivity index (χ4v) is 0.600. The maximum absolute atomic E-state index is 9.25. The summed E-state index contributed by atoms with van der Waals surface area (Å²) < 4.78 is 0. The fraction of sp³-hybridized carbons (Fsp3) is 0.769. The quantitative estimate of drug-likeness (QED) is 0.186. The van der Waals surface area contributed by atoms with Crippen molar-refractivity contribution in [2.75, 3.05) is 52.9 Å². The predicted octanol–water partition coefficient (Wildman–Crippen LogP) is -3.86. The van der Waals surface area contributed by atoms with Gasteiger partial charge in [0.2, 0.25) is 0 Å². The van der Waals surface area contributed by atoms with Crippen molar-refractivity contribution in [1.82, 2.24) is 0 Å². The van der Waals surface area contributed by atoms with E-state index in [1.54, 1.807) is 0 Å². The molecular formula is C13H28O10. The molecule has 10 nitrogen and oxygen atoms in total. The second-order valence-electron chi connectivity index (χ2n) is 4.81. The van der Waals surface area contributed by atoms with Crippen molar-refractivity contribution in [1.29, 1.82) is 0 Å². The Balaban J connectivity index is -0.000000273. The van der Waals surface area contributed by atoms with Crippen LogP contribution in [0.2, 0.25) is 0 Å². The molecule has 140 valence electrons. The summed E-state index contributed by atoms with van der Waals surface area (Å²) in [7, 11) is 0.